The number of hydrogen-bond acceptors (Lipinski definition) is 2. The molecule has 1 fully saturated rings. The molecule has 2 aromatic carbocycles. The summed E-state index contributed by atoms with van der Waals surface area (Å²) in [5, 5.41) is 0. The first-order valence-electron chi connectivity index (χ1n) is 12.0. The molecule has 1 saturated heterocycles. The maximum absolute atomic E-state index is 6.77. The van der Waals surface area contributed by atoms with E-state index in [9.17, 15) is 0 Å². The summed E-state index contributed by atoms with van der Waals surface area (Å²) in [6, 6.07) is 19.5. The molecule has 4 atom stereocenters. The van der Waals surface area contributed by atoms with Gasteiger partial charge in [0.2, 0.25) is 0 Å². The van der Waals surface area contributed by atoms with Crippen LogP contribution in [-0.4, -0.2) is 35.3 Å². The van der Waals surface area contributed by atoms with Gasteiger partial charge in [-0.15, -0.1) is 0 Å². The van der Waals surface area contributed by atoms with Crippen LogP contribution in [-0.2, 0) is 11.3 Å². The average Bonchev–Trinajstić information content (AvgIpc) is 2.73. The summed E-state index contributed by atoms with van der Waals surface area (Å²) in [7, 11) is 2.31. The van der Waals surface area contributed by atoms with E-state index < -0.39 is 5.60 Å². The molecule has 3 heteroatoms. The zero-order valence-electron chi connectivity index (χ0n) is 20.5. The van der Waals surface area contributed by atoms with E-state index in [-0.39, 0.29) is 11.7 Å². The second kappa shape index (κ2) is 8.58. The first-order valence-corrected chi connectivity index (χ1v) is 12.0. The predicted octanol–water partition coefficient (Wildman–Crippen LogP) is 6.14. The van der Waals surface area contributed by atoms with Gasteiger partial charge in [-0.2, -0.15) is 0 Å². The summed E-state index contributed by atoms with van der Waals surface area (Å²) in [6.07, 6.45) is 2.01. The molecule has 0 N–H and O–H groups in total. The fourth-order valence-electron chi connectivity index (χ4n) is 5.08. The van der Waals surface area contributed by atoms with E-state index in [0.717, 1.165) is 41.7 Å². The highest BCUT2D eigenvalue weighted by molar-refractivity contribution is 5.39. The summed E-state index contributed by atoms with van der Waals surface area (Å²) >= 11 is 0. The number of ether oxygens (including phenoxy) is 2. The van der Waals surface area contributed by atoms with Crippen LogP contribution in [0, 0.1) is 17.8 Å². The molecule has 2 aromatic rings. The maximum atomic E-state index is 6.77. The van der Waals surface area contributed by atoms with Crippen LogP contribution < -0.4 is 4.74 Å². The van der Waals surface area contributed by atoms with Crippen molar-refractivity contribution in [2.24, 2.45) is 5.92 Å². The van der Waals surface area contributed by atoms with Crippen LogP contribution in [0.2, 0.25) is 0 Å². The Labute approximate surface area is 194 Å². The summed E-state index contributed by atoms with van der Waals surface area (Å²) in [6.45, 7) is 12.9. The Morgan fingerprint density at radius 2 is 1.72 bits per heavy atom. The molecule has 4 rings (SSSR count). The van der Waals surface area contributed by atoms with E-state index in [1.807, 2.05) is 6.07 Å². The second-order valence-corrected chi connectivity index (χ2v) is 10.8. The lowest BCUT2D eigenvalue weighted by Crippen LogP contribution is -2.51. The minimum Gasteiger partial charge on any atom is -0.487 e. The molecule has 2 heterocycles. The molecule has 0 aliphatic carbocycles. The monoisotopic (exact) mass is 432 g/mol. The Kier molecular flexibility index (Phi) is 6.14. The van der Waals surface area contributed by atoms with Gasteiger partial charge in [0.15, 0.2) is 0 Å². The Morgan fingerprint density at radius 3 is 2.44 bits per heavy atom. The molecular weight excluding hydrogens is 394 g/mol. The Balaban J connectivity index is 1.53. The summed E-state index contributed by atoms with van der Waals surface area (Å²) < 4.78 is 14.0. The van der Waals surface area contributed by atoms with Gasteiger partial charge in [0, 0.05) is 17.0 Å². The van der Waals surface area contributed by atoms with Gasteiger partial charge in [0.25, 0.3) is 0 Å². The van der Waals surface area contributed by atoms with E-state index in [1.54, 1.807) is 0 Å². The van der Waals surface area contributed by atoms with Gasteiger partial charge < -0.3 is 14.0 Å². The van der Waals surface area contributed by atoms with Crippen LogP contribution in [0.15, 0.2) is 54.6 Å². The second-order valence-electron chi connectivity index (χ2n) is 10.8. The third-order valence-corrected chi connectivity index (χ3v) is 7.60. The van der Waals surface area contributed by atoms with Crippen LogP contribution >= 0.6 is 0 Å². The number of rotatable bonds is 4. The number of fused-ring (bicyclic) bond motifs is 3. The van der Waals surface area contributed by atoms with E-state index in [0.29, 0.717) is 12.0 Å². The highest BCUT2D eigenvalue weighted by atomic mass is 16.5. The van der Waals surface area contributed by atoms with E-state index >= 15 is 0 Å². The average molecular weight is 433 g/mol. The Bertz CT molecular complexity index is 1000. The van der Waals surface area contributed by atoms with Crippen molar-refractivity contribution in [1.82, 2.24) is 0 Å². The largest absolute Gasteiger partial charge is 0.487 e. The molecule has 0 radical (unpaired) electrons. The summed E-state index contributed by atoms with van der Waals surface area (Å²) in [4.78, 5) is 0. The number of para-hydroxylation sites is 1. The van der Waals surface area contributed by atoms with Crippen LogP contribution in [0.25, 0.3) is 0 Å². The molecule has 2 aliphatic heterocycles. The van der Waals surface area contributed by atoms with Crippen molar-refractivity contribution in [2.75, 3.05) is 13.6 Å². The van der Waals surface area contributed by atoms with E-state index in [4.69, 9.17) is 9.47 Å². The Hall–Kier alpha value is -2.28. The molecule has 4 unspecified atom stereocenters. The third kappa shape index (κ3) is 4.58. The van der Waals surface area contributed by atoms with Gasteiger partial charge in [-0.05, 0) is 59.4 Å². The lowest BCUT2D eigenvalue weighted by molar-refractivity contribution is -0.936. The van der Waals surface area contributed by atoms with Crippen LogP contribution in [0.5, 0.6) is 5.75 Å². The highest BCUT2D eigenvalue weighted by Crippen LogP contribution is 2.52. The van der Waals surface area contributed by atoms with Gasteiger partial charge in [-0.3, -0.25) is 0 Å². The fourth-order valence-corrected chi connectivity index (χ4v) is 5.08. The quantitative estimate of drug-likeness (QED) is 0.427. The maximum Gasteiger partial charge on any atom is 0.141 e. The first-order chi connectivity index (χ1) is 15.1. The van der Waals surface area contributed by atoms with Gasteiger partial charge in [0.1, 0.15) is 30.0 Å². The molecule has 2 aliphatic rings. The lowest BCUT2D eigenvalue weighted by atomic mass is 9.73. The molecular formula is C29H38NO2+. The van der Waals surface area contributed by atoms with Crippen molar-refractivity contribution in [3.63, 3.8) is 0 Å². The molecule has 32 heavy (non-hydrogen) atoms. The molecule has 170 valence electrons. The standard InChI is InChI=1S/C29H38NO2/c1-22(2)30(6,21-23-13-8-7-9-14-23)20-12-18-29(5)19-17-25-27(32-29)24-15-10-11-16-26(24)31-28(25,3)4/h7-11,13-16,22,25,27H,17,19-21H2,1-6H3/q+1. The minimum absolute atomic E-state index is 0.0262. The zero-order chi connectivity index (χ0) is 23.0. The minimum atomic E-state index is -0.434. The summed E-state index contributed by atoms with van der Waals surface area (Å²) in [5.74, 6) is 8.38. The van der Waals surface area contributed by atoms with Crippen LogP contribution in [0.4, 0.5) is 0 Å². The van der Waals surface area contributed by atoms with Gasteiger partial charge >= 0.3 is 0 Å². The van der Waals surface area contributed by atoms with Crippen molar-refractivity contribution >= 4 is 0 Å². The fraction of sp³-hybridized carbons (Fsp3) is 0.517. The van der Waals surface area contributed by atoms with Gasteiger partial charge in [0.05, 0.1) is 19.2 Å². The highest BCUT2D eigenvalue weighted by Gasteiger charge is 2.50. The number of quaternary nitrogens is 1. The van der Waals surface area contributed by atoms with Crippen LogP contribution in [0.3, 0.4) is 0 Å². The molecule has 0 amide bonds. The third-order valence-electron chi connectivity index (χ3n) is 7.60. The lowest BCUT2D eigenvalue weighted by Gasteiger charge is -2.50. The summed E-state index contributed by atoms with van der Waals surface area (Å²) in [5.41, 5.74) is 1.85. The normalized spacial score (nSPS) is 27.8. The van der Waals surface area contributed by atoms with Crippen molar-refractivity contribution in [2.45, 2.75) is 77.4 Å². The number of nitrogens with zero attached hydrogens (tertiary/aromatic N) is 1. The van der Waals surface area contributed by atoms with Gasteiger partial charge in [-0.1, -0.05) is 54.5 Å². The molecule has 0 spiro atoms. The van der Waals surface area contributed by atoms with Crippen molar-refractivity contribution < 1.29 is 14.0 Å². The molecule has 3 nitrogen and oxygen atoms in total. The molecule has 0 saturated carbocycles. The topological polar surface area (TPSA) is 18.5 Å². The molecule has 0 aromatic heterocycles. The molecule has 0 bridgehead atoms. The van der Waals surface area contributed by atoms with Gasteiger partial charge in [-0.25, -0.2) is 0 Å². The predicted molar refractivity (Wildman–Crippen MR) is 130 cm³/mol. The smallest absolute Gasteiger partial charge is 0.141 e. The van der Waals surface area contributed by atoms with E-state index in [2.05, 4.69) is 102 Å². The zero-order valence-corrected chi connectivity index (χ0v) is 20.5. The van der Waals surface area contributed by atoms with Crippen molar-refractivity contribution in [1.29, 1.82) is 0 Å². The number of hydrogen-bond donors (Lipinski definition) is 0. The number of benzene rings is 2. The van der Waals surface area contributed by atoms with E-state index in [1.165, 1.54) is 5.56 Å². The Morgan fingerprint density at radius 1 is 1.03 bits per heavy atom. The van der Waals surface area contributed by atoms with Crippen molar-refractivity contribution in [3.05, 3.63) is 65.7 Å². The first kappa shape index (κ1) is 22.9. The van der Waals surface area contributed by atoms with Crippen LogP contribution in [0.1, 0.15) is 64.7 Å². The SMILES string of the molecule is CC(C)[N+](C)(CC#CC1(C)CCC2C(O1)c1ccccc1OC2(C)C)Cc1ccccc1. The van der Waals surface area contributed by atoms with Crippen molar-refractivity contribution in [3.8, 4) is 17.6 Å².